The number of hydrogen-bond donors (Lipinski definition) is 0. The number of thiazole rings is 1. The van der Waals surface area contributed by atoms with Crippen LogP contribution in [0.3, 0.4) is 0 Å². The predicted octanol–water partition coefficient (Wildman–Crippen LogP) is 4.86. The Labute approximate surface area is 152 Å². The summed E-state index contributed by atoms with van der Waals surface area (Å²) in [4.78, 5) is 7.44. The molecular weight excluding hydrogens is 326 g/mol. The minimum absolute atomic E-state index is 0.692. The highest BCUT2D eigenvalue weighted by molar-refractivity contribution is 7.18. The monoisotopic (exact) mass is 347 g/mol. The first-order valence-electron chi connectivity index (χ1n) is 8.87. The summed E-state index contributed by atoms with van der Waals surface area (Å²) in [6.45, 7) is 4.67. The molecule has 1 aliphatic heterocycles. The lowest BCUT2D eigenvalue weighted by atomic mass is 10.0. The zero-order valence-electron chi connectivity index (χ0n) is 14.4. The third kappa shape index (κ3) is 3.44. The zero-order chi connectivity index (χ0) is 17.2. The molecule has 4 heteroatoms. The van der Waals surface area contributed by atoms with Crippen molar-refractivity contribution < 1.29 is 0 Å². The molecule has 1 fully saturated rings. The van der Waals surface area contributed by atoms with Crippen molar-refractivity contribution in [2.75, 3.05) is 13.1 Å². The highest BCUT2D eigenvalue weighted by Crippen LogP contribution is 2.28. The number of hydrogen-bond acceptors (Lipinski definition) is 4. The van der Waals surface area contributed by atoms with Gasteiger partial charge in [-0.2, -0.15) is 5.26 Å². The standard InChI is InChI=1S/C21H21N3S/c1-15-3-2-11-24(15)12-10-21-23-19-13-18(8-9-20(19)25-21)17-6-4-16(14-22)5-7-17/h4-9,13,15H,2-3,10-12H2,1H3/t15-/m1/s1. The number of benzene rings is 2. The van der Waals surface area contributed by atoms with Gasteiger partial charge in [-0.15, -0.1) is 11.3 Å². The maximum atomic E-state index is 8.93. The van der Waals surface area contributed by atoms with Gasteiger partial charge in [0.05, 0.1) is 26.9 Å². The highest BCUT2D eigenvalue weighted by Gasteiger charge is 2.20. The van der Waals surface area contributed by atoms with Crippen LogP contribution in [-0.2, 0) is 6.42 Å². The molecule has 0 spiro atoms. The normalized spacial score (nSPS) is 17.8. The summed E-state index contributed by atoms with van der Waals surface area (Å²) in [5.74, 6) is 0. The van der Waals surface area contributed by atoms with Crippen LogP contribution in [0.25, 0.3) is 21.3 Å². The van der Waals surface area contributed by atoms with Crippen LogP contribution in [0.2, 0.25) is 0 Å². The first-order valence-corrected chi connectivity index (χ1v) is 9.68. The van der Waals surface area contributed by atoms with Crippen LogP contribution < -0.4 is 0 Å². The van der Waals surface area contributed by atoms with Gasteiger partial charge in [0.15, 0.2) is 0 Å². The second kappa shape index (κ2) is 6.95. The molecule has 1 aromatic heterocycles. The van der Waals surface area contributed by atoms with Gasteiger partial charge in [-0.05, 0) is 61.7 Å². The van der Waals surface area contributed by atoms with Crippen LogP contribution >= 0.6 is 11.3 Å². The summed E-state index contributed by atoms with van der Waals surface area (Å²) < 4.78 is 1.25. The Hall–Kier alpha value is -2.22. The van der Waals surface area contributed by atoms with Crippen LogP contribution in [-0.4, -0.2) is 29.0 Å². The van der Waals surface area contributed by atoms with Crippen LogP contribution in [0.4, 0.5) is 0 Å². The number of rotatable bonds is 4. The van der Waals surface area contributed by atoms with Gasteiger partial charge in [0.25, 0.3) is 0 Å². The fourth-order valence-electron chi connectivity index (χ4n) is 3.56. The van der Waals surface area contributed by atoms with E-state index >= 15 is 0 Å². The number of likely N-dealkylation sites (tertiary alicyclic amines) is 1. The third-order valence-electron chi connectivity index (χ3n) is 5.08. The third-order valence-corrected chi connectivity index (χ3v) is 6.18. The largest absolute Gasteiger partial charge is 0.300 e. The smallest absolute Gasteiger partial charge is 0.0991 e. The summed E-state index contributed by atoms with van der Waals surface area (Å²) >= 11 is 1.81. The first kappa shape index (κ1) is 16.3. The van der Waals surface area contributed by atoms with Gasteiger partial charge in [-0.25, -0.2) is 4.98 Å². The van der Waals surface area contributed by atoms with Crippen molar-refractivity contribution in [2.45, 2.75) is 32.2 Å². The summed E-state index contributed by atoms with van der Waals surface area (Å²) in [7, 11) is 0. The summed E-state index contributed by atoms with van der Waals surface area (Å²) in [5.41, 5.74) is 4.05. The number of fused-ring (bicyclic) bond motifs is 1. The van der Waals surface area contributed by atoms with Crippen molar-refractivity contribution in [3.05, 3.63) is 53.0 Å². The molecule has 126 valence electrons. The van der Waals surface area contributed by atoms with Gasteiger partial charge >= 0.3 is 0 Å². The molecule has 1 atom stereocenters. The van der Waals surface area contributed by atoms with Crippen molar-refractivity contribution in [1.29, 1.82) is 5.26 Å². The first-order chi connectivity index (χ1) is 12.2. The molecule has 0 unspecified atom stereocenters. The Balaban J connectivity index is 1.53. The van der Waals surface area contributed by atoms with E-state index in [0.29, 0.717) is 5.56 Å². The van der Waals surface area contributed by atoms with E-state index in [0.717, 1.165) is 35.7 Å². The minimum atomic E-state index is 0.692. The van der Waals surface area contributed by atoms with E-state index in [4.69, 9.17) is 10.2 Å². The molecule has 0 aliphatic carbocycles. The van der Waals surface area contributed by atoms with Crippen LogP contribution in [0.5, 0.6) is 0 Å². The van der Waals surface area contributed by atoms with Gasteiger partial charge in [0.1, 0.15) is 0 Å². The molecule has 0 N–H and O–H groups in total. The van der Waals surface area contributed by atoms with E-state index in [9.17, 15) is 0 Å². The van der Waals surface area contributed by atoms with E-state index < -0.39 is 0 Å². The van der Waals surface area contributed by atoms with E-state index in [-0.39, 0.29) is 0 Å². The minimum Gasteiger partial charge on any atom is -0.300 e. The average molecular weight is 347 g/mol. The Morgan fingerprint density at radius 2 is 2.00 bits per heavy atom. The highest BCUT2D eigenvalue weighted by atomic mass is 32.1. The lowest BCUT2D eigenvalue weighted by Crippen LogP contribution is -2.28. The van der Waals surface area contributed by atoms with Gasteiger partial charge in [-0.1, -0.05) is 18.2 Å². The molecule has 4 rings (SSSR count). The Bertz CT molecular complexity index is 920. The maximum Gasteiger partial charge on any atom is 0.0991 e. The topological polar surface area (TPSA) is 39.9 Å². The number of nitrogens with zero attached hydrogens (tertiary/aromatic N) is 3. The lowest BCUT2D eigenvalue weighted by molar-refractivity contribution is 0.272. The SMILES string of the molecule is C[C@@H]1CCCN1CCc1nc2cc(-c3ccc(C#N)cc3)ccc2s1. The van der Waals surface area contributed by atoms with Gasteiger partial charge in [-0.3, -0.25) is 0 Å². The van der Waals surface area contributed by atoms with Crippen LogP contribution in [0, 0.1) is 11.3 Å². The second-order valence-corrected chi connectivity index (χ2v) is 7.87. The number of nitriles is 1. The van der Waals surface area contributed by atoms with E-state index in [1.54, 1.807) is 0 Å². The quantitative estimate of drug-likeness (QED) is 0.676. The van der Waals surface area contributed by atoms with Crippen molar-refractivity contribution in [3.8, 4) is 17.2 Å². The van der Waals surface area contributed by atoms with E-state index in [1.807, 2.05) is 35.6 Å². The molecular formula is C21H21N3S. The molecule has 2 aromatic carbocycles. The average Bonchev–Trinajstić information content (AvgIpc) is 3.24. The maximum absolute atomic E-state index is 8.93. The molecule has 2 heterocycles. The molecule has 1 saturated heterocycles. The van der Waals surface area contributed by atoms with Gasteiger partial charge in [0.2, 0.25) is 0 Å². The summed E-state index contributed by atoms with van der Waals surface area (Å²) in [6, 6.07) is 17.1. The van der Waals surface area contributed by atoms with Crippen molar-refractivity contribution in [3.63, 3.8) is 0 Å². The van der Waals surface area contributed by atoms with E-state index in [1.165, 1.54) is 29.1 Å². The number of aromatic nitrogens is 1. The molecule has 0 bridgehead atoms. The fourth-order valence-corrected chi connectivity index (χ4v) is 4.50. The molecule has 1 aliphatic rings. The van der Waals surface area contributed by atoms with Crippen molar-refractivity contribution in [1.82, 2.24) is 9.88 Å². The lowest BCUT2D eigenvalue weighted by Gasteiger charge is -2.19. The van der Waals surface area contributed by atoms with Crippen LogP contribution in [0.15, 0.2) is 42.5 Å². The molecule has 0 amide bonds. The van der Waals surface area contributed by atoms with E-state index in [2.05, 4.69) is 36.1 Å². The molecule has 0 saturated carbocycles. The fraction of sp³-hybridized carbons (Fsp3) is 0.333. The van der Waals surface area contributed by atoms with Crippen molar-refractivity contribution in [2.24, 2.45) is 0 Å². The second-order valence-electron chi connectivity index (χ2n) is 6.76. The Morgan fingerprint density at radius 3 is 2.72 bits per heavy atom. The van der Waals surface area contributed by atoms with Gasteiger partial charge < -0.3 is 4.90 Å². The molecule has 0 radical (unpaired) electrons. The Kier molecular flexibility index (Phi) is 4.52. The summed E-state index contributed by atoms with van der Waals surface area (Å²) in [6.07, 6.45) is 3.69. The Morgan fingerprint density at radius 1 is 1.20 bits per heavy atom. The molecule has 25 heavy (non-hydrogen) atoms. The van der Waals surface area contributed by atoms with Gasteiger partial charge in [0, 0.05) is 19.0 Å². The summed E-state index contributed by atoms with van der Waals surface area (Å²) in [5, 5.41) is 10.2. The zero-order valence-corrected chi connectivity index (χ0v) is 15.2. The van der Waals surface area contributed by atoms with Crippen LogP contribution in [0.1, 0.15) is 30.3 Å². The molecule has 3 aromatic rings. The van der Waals surface area contributed by atoms with Crippen molar-refractivity contribution >= 4 is 21.6 Å². The molecule has 3 nitrogen and oxygen atoms in total. The predicted molar refractivity (Wildman–Crippen MR) is 104 cm³/mol.